The molecule has 0 amide bonds. The molecule has 2 aromatic rings. The van der Waals surface area contributed by atoms with Gasteiger partial charge < -0.3 is 11.1 Å². The van der Waals surface area contributed by atoms with Gasteiger partial charge in [0.15, 0.2) is 0 Å². The summed E-state index contributed by atoms with van der Waals surface area (Å²) in [6.07, 6.45) is 5.69. The van der Waals surface area contributed by atoms with Gasteiger partial charge in [0, 0.05) is 25.5 Å². The van der Waals surface area contributed by atoms with Crippen LogP contribution >= 0.6 is 0 Å². The molecule has 0 saturated heterocycles. The first-order valence-corrected chi connectivity index (χ1v) is 6.67. The lowest BCUT2D eigenvalue weighted by Crippen LogP contribution is -2.24. The number of aromatic nitrogens is 4. The van der Waals surface area contributed by atoms with Crippen molar-refractivity contribution in [3.63, 3.8) is 0 Å². The molecule has 1 atom stereocenters. The third kappa shape index (κ3) is 3.07. The Morgan fingerprint density at radius 3 is 2.89 bits per heavy atom. The van der Waals surface area contributed by atoms with Crippen molar-refractivity contribution in [2.75, 3.05) is 11.1 Å². The van der Waals surface area contributed by atoms with Crippen molar-refractivity contribution in [3.05, 3.63) is 24.2 Å². The van der Waals surface area contributed by atoms with Gasteiger partial charge in [0.1, 0.15) is 5.82 Å². The Bertz CT molecular complexity index is 513. The predicted octanol–water partition coefficient (Wildman–Crippen LogP) is 1.65. The Morgan fingerprint density at radius 2 is 2.26 bits per heavy atom. The zero-order valence-electron chi connectivity index (χ0n) is 11.8. The summed E-state index contributed by atoms with van der Waals surface area (Å²) in [6, 6.07) is 2.15. The average molecular weight is 262 g/mol. The van der Waals surface area contributed by atoms with Gasteiger partial charge in [0.2, 0.25) is 0 Å². The lowest BCUT2D eigenvalue weighted by atomic mass is 10.2. The topological polar surface area (TPSA) is 73.7 Å². The van der Waals surface area contributed by atoms with Crippen LogP contribution in [0.25, 0.3) is 0 Å². The van der Waals surface area contributed by atoms with Crippen molar-refractivity contribution >= 4 is 11.5 Å². The van der Waals surface area contributed by atoms with Crippen molar-refractivity contribution in [2.24, 2.45) is 7.05 Å². The van der Waals surface area contributed by atoms with Gasteiger partial charge in [-0.2, -0.15) is 10.2 Å². The predicted molar refractivity (Wildman–Crippen MR) is 76.9 cm³/mol. The van der Waals surface area contributed by atoms with E-state index in [1.54, 1.807) is 6.20 Å². The molecule has 0 bridgehead atoms. The molecule has 0 aromatic carbocycles. The number of aryl methyl sites for hydroxylation is 2. The van der Waals surface area contributed by atoms with Crippen molar-refractivity contribution in [3.8, 4) is 0 Å². The summed E-state index contributed by atoms with van der Waals surface area (Å²) in [4.78, 5) is 0. The zero-order chi connectivity index (χ0) is 13.8. The number of hydrogen-bond acceptors (Lipinski definition) is 4. The van der Waals surface area contributed by atoms with Gasteiger partial charge in [-0.25, -0.2) is 0 Å². The highest BCUT2D eigenvalue weighted by molar-refractivity contribution is 5.65. The summed E-state index contributed by atoms with van der Waals surface area (Å²) < 4.78 is 3.72. The van der Waals surface area contributed by atoms with Crippen molar-refractivity contribution in [1.29, 1.82) is 0 Å². The second-order valence-corrected chi connectivity index (χ2v) is 4.86. The highest BCUT2D eigenvalue weighted by Crippen LogP contribution is 2.23. The second-order valence-electron chi connectivity index (χ2n) is 4.86. The van der Waals surface area contributed by atoms with Gasteiger partial charge in [0.05, 0.1) is 17.9 Å². The van der Waals surface area contributed by atoms with Gasteiger partial charge in [0.25, 0.3) is 0 Å². The largest absolute Gasteiger partial charge is 0.394 e. The lowest BCUT2D eigenvalue weighted by molar-refractivity contribution is 0.556. The van der Waals surface area contributed by atoms with Gasteiger partial charge in [-0.15, -0.1) is 0 Å². The highest BCUT2D eigenvalue weighted by atomic mass is 15.3. The minimum absolute atomic E-state index is 0.229. The molecule has 0 radical (unpaired) electrons. The molecule has 1 unspecified atom stereocenters. The summed E-state index contributed by atoms with van der Waals surface area (Å²) in [7, 11) is 1.92. The molecular weight excluding hydrogens is 240 g/mol. The smallest absolute Gasteiger partial charge is 0.148 e. The molecule has 2 rings (SSSR count). The fourth-order valence-corrected chi connectivity index (χ4v) is 2.16. The molecule has 19 heavy (non-hydrogen) atoms. The maximum atomic E-state index is 6.14. The number of hydrogen-bond donors (Lipinski definition) is 2. The molecular formula is C13H22N6. The minimum atomic E-state index is 0.229. The standard InChI is InChI=1S/C13H22N6/c1-4-6-11-12(14)13(18(3)17-11)16-10(2)9-19-8-5-7-15-19/h5,7-8,10,16H,4,6,9,14H2,1-3H3. The summed E-state index contributed by atoms with van der Waals surface area (Å²) in [6.45, 7) is 5.02. The molecule has 104 valence electrons. The third-order valence-corrected chi connectivity index (χ3v) is 3.05. The molecule has 6 heteroatoms. The molecule has 2 aromatic heterocycles. The van der Waals surface area contributed by atoms with E-state index in [4.69, 9.17) is 5.73 Å². The first kappa shape index (κ1) is 13.5. The van der Waals surface area contributed by atoms with Crippen LogP contribution in [0.1, 0.15) is 26.0 Å². The van der Waals surface area contributed by atoms with Gasteiger partial charge in [-0.05, 0) is 19.4 Å². The van der Waals surface area contributed by atoms with E-state index in [1.807, 2.05) is 28.7 Å². The number of anilines is 2. The van der Waals surface area contributed by atoms with E-state index in [9.17, 15) is 0 Å². The molecule has 0 aliphatic rings. The molecule has 0 spiro atoms. The van der Waals surface area contributed by atoms with Crippen LogP contribution < -0.4 is 11.1 Å². The van der Waals surface area contributed by atoms with E-state index < -0.39 is 0 Å². The molecule has 0 saturated carbocycles. The van der Waals surface area contributed by atoms with E-state index in [1.165, 1.54) is 0 Å². The van der Waals surface area contributed by atoms with Crippen LogP contribution in [-0.2, 0) is 20.0 Å². The van der Waals surface area contributed by atoms with Gasteiger partial charge >= 0.3 is 0 Å². The summed E-state index contributed by atoms with van der Waals surface area (Å²) in [5.41, 5.74) is 7.88. The maximum absolute atomic E-state index is 6.14. The van der Waals surface area contributed by atoms with Crippen LogP contribution in [0.5, 0.6) is 0 Å². The van der Waals surface area contributed by atoms with E-state index in [-0.39, 0.29) is 6.04 Å². The molecule has 0 aliphatic heterocycles. The fourth-order valence-electron chi connectivity index (χ4n) is 2.16. The number of nitrogen functional groups attached to an aromatic ring is 1. The summed E-state index contributed by atoms with van der Waals surface area (Å²) >= 11 is 0. The maximum Gasteiger partial charge on any atom is 0.148 e. The molecule has 6 nitrogen and oxygen atoms in total. The highest BCUT2D eigenvalue weighted by Gasteiger charge is 2.14. The normalized spacial score (nSPS) is 12.6. The van der Waals surface area contributed by atoms with Crippen LogP contribution in [0.15, 0.2) is 18.5 Å². The molecule has 2 heterocycles. The SMILES string of the molecule is CCCc1nn(C)c(NC(C)Cn2cccn2)c1N. The monoisotopic (exact) mass is 262 g/mol. The molecule has 0 aliphatic carbocycles. The Balaban J connectivity index is 2.06. The summed E-state index contributed by atoms with van der Waals surface area (Å²) in [5, 5.41) is 12.1. The number of nitrogens with one attached hydrogen (secondary N) is 1. The van der Waals surface area contributed by atoms with Crippen molar-refractivity contribution in [1.82, 2.24) is 19.6 Å². The van der Waals surface area contributed by atoms with Crippen molar-refractivity contribution < 1.29 is 0 Å². The first-order valence-electron chi connectivity index (χ1n) is 6.67. The Kier molecular flexibility index (Phi) is 4.09. The van der Waals surface area contributed by atoms with E-state index >= 15 is 0 Å². The first-order chi connectivity index (χ1) is 9.11. The Morgan fingerprint density at radius 1 is 1.47 bits per heavy atom. The molecule has 0 fully saturated rings. The van der Waals surface area contributed by atoms with E-state index in [0.29, 0.717) is 0 Å². The van der Waals surface area contributed by atoms with E-state index in [2.05, 4.69) is 29.4 Å². The number of nitrogens with two attached hydrogens (primary N) is 1. The Labute approximate surface area is 113 Å². The van der Waals surface area contributed by atoms with Crippen LogP contribution in [0.3, 0.4) is 0 Å². The van der Waals surface area contributed by atoms with Crippen LogP contribution in [-0.4, -0.2) is 25.6 Å². The van der Waals surface area contributed by atoms with Gasteiger partial charge in [-0.1, -0.05) is 13.3 Å². The summed E-state index contributed by atoms with van der Waals surface area (Å²) in [5.74, 6) is 0.892. The average Bonchev–Trinajstić information content (AvgIpc) is 2.94. The van der Waals surface area contributed by atoms with Gasteiger partial charge in [-0.3, -0.25) is 9.36 Å². The van der Waals surface area contributed by atoms with Crippen molar-refractivity contribution in [2.45, 2.75) is 39.3 Å². The third-order valence-electron chi connectivity index (χ3n) is 3.05. The number of nitrogens with zero attached hydrogens (tertiary/aromatic N) is 4. The zero-order valence-corrected chi connectivity index (χ0v) is 11.8. The quantitative estimate of drug-likeness (QED) is 0.830. The van der Waals surface area contributed by atoms with E-state index in [0.717, 1.165) is 36.6 Å². The lowest BCUT2D eigenvalue weighted by Gasteiger charge is -2.15. The Hall–Kier alpha value is -1.98. The van der Waals surface area contributed by atoms with Crippen LogP contribution in [0.4, 0.5) is 11.5 Å². The second kappa shape index (κ2) is 5.77. The van der Waals surface area contributed by atoms with Crippen LogP contribution in [0, 0.1) is 0 Å². The minimum Gasteiger partial charge on any atom is -0.394 e. The number of rotatable bonds is 6. The molecule has 3 N–H and O–H groups in total. The fraction of sp³-hybridized carbons (Fsp3) is 0.538. The van der Waals surface area contributed by atoms with Crippen LogP contribution in [0.2, 0.25) is 0 Å².